The highest BCUT2D eigenvalue weighted by atomic mass is 32.1. The number of nitrogens with zero attached hydrogens (tertiary/aromatic N) is 1. The number of thiazole rings is 1. The summed E-state index contributed by atoms with van der Waals surface area (Å²) in [6.07, 6.45) is 5.67. The summed E-state index contributed by atoms with van der Waals surface area (Å²) in [7, 11) is 0. The van der Waals surface area contributed by atoms with E-state index in [0.29, 0.717) is 12.3 Å². The number of urea groups is 1. The Morgan fingerprint density at radius 1 is 1.55 bits per heavy atom. The van der Waals surface area contributed by atoms with Gasteiger partial charge in [0.15, 0.2) is 0 Å². The van der Waals surface area contributed by atoms with Crippen LogP contribution in [0.3, 0.4) is 0 Å². The van der Waals surface area contributed by atoms with Crippen molar-refractivity contribution in [2.45, 2.75) is 51.6 Å². The highest BCUT2D eigenvalue weighted by Crippen LogP contribution is 2.41. The van der Waals surface area contributed by atoms with Gasteiger partial charge in [-0.15, -0.1) is 11.3 Å². The van der Waals surface area contributed by atoms with E-state index in [1.807, 2.05) is 20.0 Å². The van der Waals surface area contributed by atoms with Crippen molar-refractivity contribution in [1.82, 2.24) is 15.6 Å². The molecular weight excluding hydrogens is 274 g/mol. The Morgan fingerprint density at radius 2 is 2.30 bits per heavy atom. The van der Waals surface area contributed by atoms with Gasteiger partial charge in [0, 0.05) is 23.7 Å². The molecule has 1 heterocycles. The van der Waals surface area contributed by atoms with Crippen LogP contribution in [0.25, 0.3) is 0 Å². The first kappa shape index (κ1) is 15.3. The second kappa shape index (κ2) is 7.04. The zero-order valence-electron chi connectivity index (χ0n) is 12.1. The number of rotatable bonds is 7. The van der Waals surface area contributed by atoms with E-state index < -0.39 is 0 Å². The molecule has 20 heavy (non-hydrogen) atoms. The number of aliphatic hydroxyl groups excluding tert-OH is 1. The van der Waals surface area contributed by atoms with Crippen LogP contribution in [0.1, 0.15) is 48.5 Å². The molecule has 0 aliphatic heterocycles. The molecule has 3 N–H and O–H groups in total. The molecule has 0 aromatic carbocycles. The van der Waals surface area contributed by atoms with Crippen LogP contribution in [0, 0.1) is 12.8 Å². The maximum absolute atomic E-state index is 12.0. The Kier molecular flexibility index (Phi) is 5.37. The van der Waals surface area contributed by atoms with E-state index >= 15 is 0 Å². The Hall–Kier alpha value is -1.14. The molecule has 2 amide bonds. The highest BCUT2D eigenvalue weighted by Gasteiger charge is 2.35. The molecule has 1 aromatic heterocycles. The molecule has 0 radical (unpaired) electrons. The number of amides is 2. The van der Waals surface area contributed by atoms with E-state index in [2.05, 4.69) is 15.6 Å². The molecule has 6 heteroatoms. The first-order valence-electron chi connectivity index (χ1n) is 7.20. The van der Waals surface area contributed by atoms with Gasteiger partial charge in [-0.05, 0) is 45.4 Å². The van der Waals surface area contributed by atoms with Crippen LogP contribution in [0.2, 0.25) is 0 Å². The van der Waals surface area contributed by atoms with E-state index in [0.717, 1.165) is 24.3 Å². The Bertz CT molecular complexity index is 445. The maximum Gasteiger partial charge on any atom is 0.315 e. The topological polar surface area (TPSA) is 74.2 Å². The minimum atomic E-state index is -0.139. The van der Waals surface area contributed by atoms with Crippen LogP contribution in [0.4, 0.5) is 4.79 Å². The van der Waals surface area contributed by atoms with Gasteiger partial charge in [0.25, 0.3) is 0 Å². The summed E-state index contributed by atoms with van der Waals surface area (Å²) in [4.78, 5) is 17.6. The zero-order valence-corrected chi connectivity index (χ0v) is 12.9. The Balaban J connectivity index is 1.87. The van der Waals surface area contributed by atoms with Gasteiger partial charge in [-0.2, -0.15) is 0 Å². The molecule has 112 valence electrons. The third kappa shape index (κ3) is 4.45. The van der Waals surface area contributed by atoms with Crippen LogP contribution in [-0.4, -0.2) is 28.8 Å². The number of hydrogen-bond acceptors (Lipinski definition) is 4. The highest BCUT2D eigenvalue weighted by molar-refractivity contribution is 7.11. The molecule has 1 fully saturated rings. The summed E-state index contributed by atoms with van der Waals surface area (Å²) >= 11 is 1.65. The number of carbonyl (C=O) groups is 1. The predicted octanol–water partition coefficient (Wildman–Crippen LogP) is 2.36. The van der Waals surface area contributed by atoms with Gasteiger partial charge in [0.05, 0.1) is 6.04 Å². The van der Waals surface area contributed by atoms with Crippen molar-refractivity contribution in [3.8, 4) is 0 Å². The van der Waals surface area contributed by atoms with Gasteiger partial charge in [-0.3, -0.25) is 0 Å². The van der Waals surface area contributed by atoms with Crippen molar-refractivity contribution in [2.24, 2.45) is 5.92 Å². The molecule has 2 unspecified atom stereocenters. The largest absolute Gasteiger partial charge is 0.396 e. The molecule has 0 spiro atoms. The van der Waals surface area contributed by atoms with Crippen molar-refractivity contribution < 1.29 is 9.90 Å². The normalized spacial score (nSPS) is 17.6. The van der Waals surface area contributed by atoms with Gasteiger partial charge >= 0.3 is 6.03 Å². The zero-order chi connectivity index (χ0) is 14.5. The quantitative estimate of drug-likeness (QED) is 0.723. The van der Waals surface area contributed by atoms with Crippen LogP contribution >= 0.6 is 11.3 Å². The van der Waals surface area contributed by atoms with E-state index in [1.54, 1.807) is 11.3 Å². The van der Waals surface area contributed by atoms with Crippen molar-refractivity contribution in [3.63, 3.8) is 0 Å². The fourth-order valence-corrected chi connectivity index (χ4v) is 3.12. The smallest absolute Gasteiger partial charge is 0.315 e. The van der Waals surface area contributed by atoms with Crippen LogP contribution in [0.15, 0.2) is 6.20 Å². The standard InChI is InChI=1S/C14H23N3O2S/c1-9(4-3-7-18)16-14(19)17-12(11-5-6-11)13-15-8-10(2)20-13/h8-9,11-12,18H,3-7H2,1-2H3,(H2,16,17,19). The first-order chi connectivity index (χ1) is 9.60. The minimum absolute atomic E-state index is 0.0405. The van der Waals surface area contributed by atoms with Gasteiger partial charge in [0.1, 0.15) is 5.01 Å². The van der Waals surface area contributed by atoms with Crippen LogP contribution < -0.4 is 10.6 Å². The Morgan fingerprint density at radius 3 is 2.85 bits per heavy atom. The van der Waals surface area contributed by atoms with Gasteiger partial charge < -0.3 is 15.7 Å². The third-order valence-electron chi connectivity index (χ3n) is 3.46. The first-order valence-corrected chi connectivity index (χ1v) is 8.02. The van der Waals surface area contributed by atoms with Gasteiger partial charge in [0.2, 0.25) is 0 Å². The second-order valence-corrected chi connectivity index (χ2v) is 6.78. The molecule has 5 nitrogen and oxygen atoms in total. The summed E-state index contributed by atoms with van der Waals surface area (Å²) in [5.74, 6) is 0.527. The van der Waals surface area contributed by atoms with Crippen molar-refractivity contribution >= 4 is 17.4 Å². The lowest BCUT2D eigenvalue weighted by atomic mass is 10.2. The summed E-state index contributed by atoms with van der Waals surface area (Å²) < 4.78 is 0. The third-order valence-corrected chi connectivity index (χ3v) is 4.45. The average molecular weight is 297 g/mol. The summed E-state index contributed by atoms with van der Waals surface area (Å²) in [5, 5.41) is 15.8. The summed E-state index contributed by atoms with van der Waals surface area (Å²) in [5.41, 5.74) is 0. The lowest BCUT2D eigenvalue weighted by Crippen LogP contribution is -2.43. The molecule has 2 rings (SSSR count). The van der Waals surface area contributed by atoms with E-state index in [9.17, 15) is 4.79 Å². The number of aromatic nitrogens is 1. The van der Waals surface area contributed by atoms with E-state index in [-0.39, 0.29) is 24.7 Å². The molecule has 1 saturated carbocycles. The average Bonchev–Trinajstić information content (AvgIpc) is 3.15. The van der Waals surface area contributed by atoms with Crippen LogP contribution in [-0.2, 0) is 0 Å². The van der Waals surface area contributed by atoms with Gasteiger partial charge in [-0.25, -0.2) is 9.78 Å². The second-order valence-electron chi connectivity index (χ2n) is 5.51. The number of hydrogen-bond donors (Lipinski definition) is 3. The fraction of sp³-hybridized carbons (Fsp3) is 0.714. The molecule has 0 bridgehead atoms. The number of aliphatic hydroxyl groups is 1. The number of nitrogens with one attached hydrogen (secondary N) is 2. The van der Waals surface area contributed by atoms with Gasteiger partial charge in [-0.1, -0.05) is 0 Å². The minimum Gasteiger partial charge on any atom is -0.396 e. The maximum atomic E-state index is 12.0. The summed E-state index contributed by atoms with van der Waals surface area (Å²) in [6.45, 7) is 4.15. The predicted molar refractivity (Wildman–Crippen MR) is 79.8 cm³/mol. The molecule has 1 aliphatic carbocycles. The molecule has 1 aliphatic rings. The van der Waals surface area contributed by atoms with E-state index in [1.165, 1.54) is 4.88 Å². The monoisotopic (exact) mass is 297 g/mol. The number of carbonyl (C=O) groups excluding carboxylic acids is 1. The SMILES string of the molecule is Cc1cnc(C(NC(=O)NC(C)CCCO)C2CC2)s1. The molecule has 2 atom stereocenters. The van der Waals surface area contributed by atoms with Crippen LogP contribution in [0.5, 0.6) is 0 Å². The van der Waals surface area contributed by atoms with E-state index in [4.69, 9.17) is 5.11 Å². The van der Waals surface area contributed by atoms with Crippen molar-refractivity contribution in [2.75, 3.05) is 6.61 Å². The lowest BCUT2D eigenvalue weighted by molar-refractivity contribution is 0.229. The number of aryl methyl sites for hydroxylation is 1. The lowest BCUT2D eigenvalue weighted by Gasteiger charge is -2.19. The molecular formula is C14H23N3O2S. The fourth-order valence-electron chi connectivity index (χ4n) is 2.20. The molecule has 1 aromatic rings. The summed E-state index contributed by atoms with van der Waals surface area (Å²) in [6, 6.07) is -0.0287. The Labute approximate surface area is 123 Å². The molecule has 0 saturated heterocycles. The van der Waals surface area contributed by atoms with Crippen molar-refractivity contribution in [3.05, 3.63) is 16.1 Å². The van der Waals surface area contributed by atoms with Crippen molar-refractivity contribution in [1.29, 1.82) is 0 Å².